The maximum atomic E-state index is 5.36. The molecule has 2 nitrogen and oxygen atoms in total. The Hall–Kier alpha value is -0.130. The summed E-state index contributed by atoms with van der Waals surface area (Å²) in [6, 6.07) is 1.89. The molecule has 0 N–H and O–H groups in total. The van der Waals surface area contributed by atoms with Crippen LogP contribution in [0.3, 0.4) is 0 Å². The molecule has 0 saturated carbocycles. The zero-order chi connectivity index (χ0) is 9.84. The second kappa shape index (κ2) is 4.93. The van der Waals surface area contributed by atoms with Gasteiger partial charge >= 0.3 is 0 Å². The number of nitrogens with zero attached hydrogens (tertiary/aromatic N) is 1. The molecule has 0 spiro atoms. The minimum absolute atomic E-state index is 0.507. The molecule has 5 heteroatoms. The Kier molecular flexibility index (Phi) is 4.15. The van der Waals surface area contributed by atoms with E-state index >= 15 is 0 Å². The number of rotatable bonds is 1. The fourth-order valence-electron chi connectivity index (χ4n) is 0.747. The van der Waals surface area contributed by atoms with E-state index in [4.69, 9.17) is 17.0 Å². The fourth-order valence-corrected chi connectivity index (χ4v) is 1.46. The first-order valence-electron chi connectivity index (χ1n) is 3.51. The van der Waals surface area contributed by atoms with Crippen LogP contribution >= 0.6 is 39.9 Å². The number of hydrogen-bond acceptors (Lipinski definition) is 4. The third-order valence-corrected chi connectivity index (χ3v) is 2.82. The minimum Gasteiger partial charge on any atom is -0.438 e. The normalized spacial score (nSPS) is 9.77. The number of hydrogen-bond donors (Lipinski definition) is 0. The van der Waals surface area contributed by atoms with Gasteiger partial charge in [-0.25, -0.2) is 4.98 Å². The molecule has 13 heavy (non-hydrogen) atoms. The molecule has 70 valence electrons. The van der Waals surface area contributed by atoms with Gasteiger partial charge in [-0.1, -0.05) is 11.8 Å². The first-order valence-corrected chi connectivity index (χ1v) is 5.94. The topological polar surface area (TPSA) is 22.1 Å². The molecular weight excluding hydrogens is 270 g/mol. The van der Waals surface area contributed by atoms with E-state index in [0.717, 1.165) is 10.2 Å². The molecule has 0 atom stereocenters. The molecule has 1 heterocycles. The number of thioether (sulfide) groups is 1. The molecule has 1 aromatic heterocycles. The van der Waals surface area contributed by atoms with Gasteiger partial charge in [-0.05, 0) is 53.0 Å². The van der Waals surface area contributed by atoms with Crippen molar-refractivity contribution in [3.05, 3.63) is 22.4 Å². The number of halogens is 1. The van der Waals surface area contributed by atoms with Crippen LogP contribution in [-0.2, 0) is 0 Å². The van der Waals surface area contributed by atoms with Crippen LogP contribution in [0, 0.1) is 6.92 Å². The first-order chi connectivity index (χ1) is 6.13. The van der Waals surface area contributed by atoms with Gasteiger partial charge < -0.3 is 4.74 Å². The molecule has 0 amide bonds. The highest BCUT2D eigenvalue weighted by molar-refractivity contribution is 9.10. The quantitative estimate of drug-likeness (QED) is 0.581. The van der Waals surface area contributed by atoms with Gasteiger partial charge in [0.1, 0.15) is 4.60 Å². The van der Waals surface area contributed by atoms with Crippen LogP contribution in [0.25, 0.3) is 0 Å². The van der Waals surface area contributed by atoms with Crippen molar-refractivity contribution < 1.29 is 4.74 Å². The van der Waals surface area contributed by atoms with Crippen LogP contribution < -0.4 is 4.74 Å². The van der Waals surface area contributed by atoms with E-state index < -0.39 is 0 Å². The van der Waals surface area contributed by atoms with Gasteiger partial charge in [0.05, 0.1) is 6.20 Å². The van der Waals surface area contributed by atoms with Gasteiger partial charge in [0.15, 0.2) is 5.75 Å². The monoisotopic (exact) mass is 277 g/mol. The van der Waals surface area contributed by atoms with Gasteiger partial charge in [0.25, 0.3) is 0 Å². The Morgan fingerprint density at radius 1 is 1.69 bits per heavy atom. The number of pyridine rings is 1. The standard InChI is InChI=1S/C8H8BrNOS2/c1-5-3-7(9)10-4-6(5)11-8(12)13-2/h3-4H,1-2H3. The molecule has 0 fully saturated rings. The van der Waals surface area contributed by atoms with E-state index in [1.165, 1.54) is 11.8 Å². The van der Waals surface area contributed by atoms with E-state index in [2.05, 4.69) is 20.9 Å². The number of aryl methyl sites for hydroxylation is 1. The lowest BCUT2D eigenvalue weighted by Crippen LogP contribution is -2.01. The second-order valence-electron chi connectivity index (χ2n) is 2.33. The summed E-state index contributed by atoms with van der Waals surface area (Å²) >= 11 is 9.61. The van der Waals surface area contributed by atoms with Gasteiger partial charge in [-0.15, -0.1) is 0 Å². The highest BCUT2D eigenvalue weighted by atomic mass is 79.9. The third kappa shape index (κ3) is 3.25. The molecule has 0 aliphatic rings. The third-order valence-electron chi connectivity index (χ3n) is 1.39. The predicted octanol–water partition coefficient (Wildman–Crippen LogP) is 3.18. The molecule has 0 radical (unpaired) electrons. The molecular formula is C8H8BrNOS2. The molecule has 0 bridgehead atoms. The van der Waals surface area contributed by atoms with Crippen molar-refractivity contribution in [3.63, 3.8) is 0 Å². The van der Waals surface area contributed by atoms with Crippen LogP contribution in [-0.4, -0.2) is 15.6 Å². The lowest BCUT2D eigenvalue weighted by molar-refractivity contribution is 0.570. The zero-order valence-electron chi connectivity index (χ0n) is 7.20. The Morgan fingerprint density at radius 2 is 2.38 bits per heavy atom. The molecule has 0 unspecified atom stereocenters. The van der Waals surface area contributed by atoms with E-state index in [9.17, 15) is 0 Å². The number of thiocarbonyl (C=S) groups is 1. The smallest absolute Gasteiger partial charge is 0.225 e. The van der Waals surface area contributed by atoms with Crippen LogP contribution in [0.4, 0.5) is 0 Å². The molecule has 0 aliphatic heterocycles. The summed E-state index contributed by atoms with van der Waals surface area (Å²) in [6.45, 7) is 1.95. The van der Waals surface area contributed by atoms with Crippen molar-refractivity contribution in [2.75, 3.05) is 6.26 Å². The van der Waals surface area contributed by atoms with Gasteiger partial charge in [0, 0.05) is 0 Å². The lowest BCUT2D eigenvalue weighted by Gasteiger charge is -2.06. The van der Waals surface area contributed by atoms with Crippen molar-refractivity contribution in [3.8, 4) is 5.75 Å². The van der Waals surface area contributed by atoms with Crippen molar-refractivity contribution in [1.82, 2.24) is 4.98 Å². The van der Waals surface area contributed by atoms with Crippen LogP contribution in [0.2, 0.25) is 0 Å². The van der Waals surface area contributed by atoms with Gasteiger partial charge in [-0.3, -0.25) is 0 Å². The second-order valence-corrected chi connectivity index (χ2v) is 4.55. The summed E-state index contributed by atoms with van der Waals surface area (Å²) in [5, 5.41) is 0. The zero-order valence-corrected chi connectivity index (χ0v) is 10.4. The summed E-state index contributed by atoms with van der Waals surface area (Å²) in [6.07, 6.45) is 3.53. The van der Waals surface area contributed by atoms with Crippen LogP contribution in [0.1, 0.15) is 5.56 Å². The molecule has 0 saturated heterocycles. The van der Waals surface area contributed by atoms with Crippen molar-refractivity contribution in [2.24, 2.45) is 0 Å². The number of aromatic nitrogens is 1. The summed E-state index contributed by atoms with van der Waals surface area (Å²) in [4.78, 5) is 4.05. The van der Waals surface area contributed by atoms with E-state index in [0.29, 0.717) is 10.1 Å². The average Bonchev–Trinajstić information content (AvgIpc) is 2.09. The minimum atomic E-state index is 0.507. The van der Waals surface area contributed by atoms with Crippen molar-refractivity contribution in [1.29, 1.82) is 0 Å². The Balaban J connectivity index is 2.83. The maximum absolute atomic E-state index is 5.36. The first kappa shape index (κ1) is 10.9. The van der Waals surface area contributed by atoms with Gasteiger partial charge in [-0.2, -0.15) is 0 Å². The lowest BCUT2D eigenvalue weighted by atomic mass is 10.3. The van der Waals surface area contributed by atoms with E-state index in [-0.39, 0.29) is 0 Å². The summed E-state index contributed by atoms with van der Waals surface area (Å²) < 4.78 is 6.67. The van der Waals surface area contributed by atoms with Crippen molar-refractivity contribution in [2.45, 2.75) is 6.92 Å². The Bertz CT molecular complexity index is 330. The fraction of sp³-hybridized carbons (Fsp3) is 0.250. The Morgan fingerprint density at radius 3 is 2.92 bits per heavy atom. The predicted molar refractivity (Wildman–Crippen MR) is 63.4 cm³/mol. The highest BCUT2D eigenvalue weighted by Gasteiger charge is 2.03. The highest BCUT2D eigenvalue weighted by Crippen LogP contribution is 2.21. The van der Waals surface area contributed by atoms with Crippen LogP contribution in [0.15, 0.2) is 16.9 Å². The molecule has 0 aliphatic carbocycles. The largest absolute Gasteiger partial charge is 0.438 e. The molecule has 1 aromatic rings. The summed E-state index contributed by atoms with van der Waals surface area (Å²) in [5.74, 6) is 0.711. The van der Waals surface area contributed by atoms with Crippen molar-refractivity contribution >= 4 is 44.3 Å². The van der Waals surface area contributed by atoms with E-state index in [1.54, 1.807) is 6.20 Å². The molecule has 0 aromatic carbocycles. The maximum Gasteiger partial charge on any atom is 0.225 e. The Labute approximate surface area is 95.2 Å². The SMILES string of the molecule is CSC(=S)Oc1cnc(Br)cc1C. The summed E-state index contributed by atoms with van der Waals surface area (Å²) in [7, 11) is 0. The van der Waals surface area contributed by atoms with Gasteiger partial charge in [0.2, 0.25) is 4.38 Å². The molecule has 1 rings (SSSR count). The average molecular weight is 278 g/mol. The van der Waals surface area contributed by atoms with E-state index in [1.807, 2.05) is 19.2 Å². The number of ether oxygens (including phenoxy) is 1. The summed E-state index contributed by atoms with van der Waals surface area (Å²) in [5.41, 5.74) is 1.01. The van der Waals surface area contributed by atoms with Crippen LogP contribution in [0.5, 0.6) is 5.75 Å².